The van der Waals surface area contributed by atoms with E-state index in [2.05, 4.69) is 25.3 Å². The van der Waals surface area contributed by atoms with Crippen molar-refractivity contribution in [2.45, 2.75) is 39.8 Å². The minimum absolute atomic E-state index is 0.158. The number of H-pyrrole nitrogens is 1. The van der Waals surface area contributed by atoms with E-state index in [1.165, 1.54) is 17.3 Å². The fourth-order valence-electron chi connectivity index (χ4n) is 3.71. The molecular formula is C23H25FN6O3. The Morgan fingerprint density at radius 2 is 1.97 bits per heavy atom. The molecule has 172 valence electrons. The molecule has 1 aliphatic rings. The second kappa shape index (κ2) is 8.97. The fourth-order valence-corrected chi connectivity index (χ4v) is 3.71. The van der Waals surface area contributed by atoms with E-state index in [0.29, 0.717) is 16.8 Å². The number of anilines is 2. The molecule has 0 bridgehead atoms. The van der Waals surface area contributed by atoms with Crippen molar-refractivity contribution in [1.29, 1.82) is 0 Å². The number of nitrogens with zero attached hydrogens (tertiary/aromatic N) is 4. The summed E-state index contributed by atoms with van der Waals surface area (Å²) in [4.78, 5) is 41.8. The fraction of sp³-hybridized carbons (Fsp3) is 0.348. The highest BCUT2D eigenvalue weighted by molar-refractivity contribution is 5.88. The van der Waals surface area contributed by atoms with Crippen molar-refractivity contribution in [3.8, 4) is 11.3 Å². The molecule has 0 aliphatic carbocycles. The maximum atomic E-state index is 13.6. The Balaban J connectivity index is 1.54. The molecule has 1 aromatic carbocycles. The first-order valence-electron chi connectivity index (χ1n) is 10.7. The summed E-state index contributed by atoms with van der Waals surface area (Å²) in [7, 11) is 0. The van der Waals surface area contributed by atoms with E-state index in [-0.39, 0.29) is 41.8 Å². The number of rotatable bonds is 6. The van der Waals surface area contributed by atoms with Gasteiger partial charge >= 0.3 is 6.09 Å². The number of hydrogen-bond acceptors (Lipinski definition) is 7. The predicted molar refractivity (Wildman–Crippen MR) is 122 cm³/mol. The van der Waals surface area contributed by atoms with E-state index in [4.69, 9.17) is 4.74 Å². The molecule has 1 fully saturated rings. The van der Waals surface area contributed by atoms with Crippen LogP contribution in [0.1, 0.15) is 37.9 Å². The van der Waals surface area contributed by atoms with Crippen molar-refractivity contribution < 1.29 is 13.9 Å². The summed E-state index contributed by atoms with van der Waals surface area (Å²) in [6, 6.07) is 7.55. The molecule has 3 aromatic rings. The number of aromatic nitrogens is 4. The number of nitrogens with one attached hydrogen (secondary N) is 2. The Kier molecular flexibility index (Phi) is 6.08. The predicted octanol–water partition coefficient (Wildman–Crippen LogP) is 3.83. The Hall–Kier alpha value is -3.82. The quantitative estimate of drug-likeness (QED) is 0.584. The summed E-state index contributed by atoms with van der Waals surface area (Å²) in [5.74, 6) is 0.281. The summed E-state index contributed by atoms with van der Waals surface area (Å²) >= 11 is 0. The standard InChI is InChI=1S/C23H25FN6O3/c1-12(2)19-10-33-23(32)30(19)22-26-11-25-21(29-22)27-14(4)16-6-8-18(28-20(16)31)15-5-7-17(24)13(3)9-15/h5-9,11-12,14,19H,10H2,1-4H3,(H,28,31)(H,25,26,27,29)/t14-,19+/m0/s1. The van der Waals surface area contributed by atoms with Gasteiger partial charge in [0.05, 0.1) is 12.1 Å². The second-order valence-corrected chi connectivity index (χ2v) is 8.35. The van der Waals surface area contributed by atoms with Gasteiger partial charge in [-0.15, -0.1) is 0 Å². The van der Waals surface area contributed by atoms with Gasteiger partial charge in [0.1, 0.15) is 18.8 Å². The average Bonchev–Trinajstić information content (AvgIpc) is 3.17. The maximum absolute atomic E-state index is 13.6. The summed E-state index contributed by atoms with van der Waals surface area (Å²) in [5, 5.41) is 3.09. The van der Waals surface area contributed by atoms with Gasteiger partial charge in [-0.05, 0) is 61.2 Å². The first kappa shape index (κ1) is 22.4. The molecule has 0 saturated carbocycles. The normalized spacial score (nSPS) is 16.7. The molecule has 0 unspecified atom stereocenters. The van der Waals surface area contributed by atoms with Crippen LogP contribution in [-0.4, -0.2) is 38.7 Å². The van der Waals surface area contributed by atoms with Crippen LogP contribution in [0.25, 0.3) is 11.3 Å². The van der Waals surface area contributed by atoms with Crippen LogP contribution in [0.5, 0.6) is 0 Å². The van der Waals surface area contributed by atoms with Crippen LogP contribution >= 0.6 is 0 Å². The first-order chi connectivity index (χ1) is 15.7. The Bertz CT molecular complexity index is 1240. The van der Waals surface area contributed by atoms with Crippen molar-refractivity contribution in [2.75, 3.05) is 16.8 Å². The van der Waals surface area contributed by atoms with Gasteiger partial charge < -0.3 is 15.0 Å². The summed E-state index contributed by atoms with van der Waals surface area (Å²) in [6.07, 6.45) is 0.812. The molecular weight excluding hydrogens is 427 g/mol. The lowest BCUT2D eigenvalue weighted by molar-refractivity contribution is 0.177. The molecule has 10 heteroatoms. The van der Waals surface area contributed by atoms with E-state index in [0.717, 1.165) is 5.56 Å². The molecule has 2 aromatic heterocycles. The SMILES string of the molecule is Cc1cc(-c2ccc([C@H](C)Nc3ncnc(N4C(=O)OC[C@@H]4C(C)C)n3)c(=O)[nH]2)ccc1F. The van der Waals surface area contributed by atoms with Crippen molar-refractivity contribution in [3.05, 3.63) is 64.0 Å². The Morgan fingerprint density at radius 3 is 2.67 bits per heavy atom. The zero-order chi connectivity index (χ0) is 23.7. The summed E-state index contributed by atoms with van der Waals surface area (Å²) in [5.41, 5.74) is 2.00. The lowest BCUT2D eigenvalue weighted by Crippen LogP contribution is -2.38. The highest BCUT2D eigenvalue weighted by Gasteiger charge is 2.38. The maximum Gasteiger partial charge on any atom is 0.417 e. The van der Waals surface area contributed by atoms with Crippen LogP contribution in [0.15, 0.2) is 41.5 Å². The van der Waals surface area contributed by atoms with Gasteiger partial charge in [0.15, 0.2) is 0 Å². The highest BCUT2D eigenvalue weighted by Crippen LogP contribution is 2.25. The molecule has 2 atom stereocenters. The molecule has 9 nitrogen and oxygen atoms in total. The zero-order valence-corrected chi connectivity index (χ0v) is 18.8. The van der Waals surface area contributed by atoms with Crippen LogP contribution in [-0.2, 0) is 4.74 Å². The summed E-state index contributed by atoms with van der Waals surface area (Å²) < 4.78 is 18.7. The molecule has 3 heterocycles. The molecule has 0 radical (unpaired) electrons. The number of aromatic amines is 1. The number of aryl methyl sites for hydroxylation is 1. The number of benzene rings is 1. The second-order valence-electron chi connectivity index (χ2n) is 8.35. The highest BCUT2D eigenvalue weighted by atomic mass is 19.1. The van der Waals surface area contributed by atoms with Crippen LogP contribution in [0.3, 0.4) is 0 Å². The van der Waals surface area contributed by atoms with E-state index in [1.54, 1.807) is 38.1 Å². The van der Waals surface area contributed by atoms with Crippen LogP contribution in [0, 0.1) is 18.7 Å². The van der Waals surface area contributed by atoms with Crippen molar-refractivity contribution >= 4 is 18.0 Å². The first-order valence-corrected chi connectivity index (χ1v) is 10.7. The minimum Gasteiger partial charge on any atom is -0.447 e. The van der Waals surface area contributed by atoms with Crippen molar-refractivity contribution in [1.82, 2.24) is 19.9 Å². The number of carbonyl (C=O) groups is 1. The van der Waals surface area contributed by atoms with Crippen LogP contribution < -0.4 is 15.8 Å². The molecule has 33 heavy (non-hydrogen) atoms. The monoisotopic (exact) mass is 452 g/mol. The number of cyclic esters (lactones) is 1. The lowest BCUT2D eigenvalue weighted by atomic mass is 10.1. The van der Waals surface area contributed by atoms with Gasteiger partial charge in [0, 0.05) is 11.3 Å². The van der Waals surface area contributed by atoms with Gasteiger partial charge in [-0.3, -0.25) is 4.79 Å². The van der Waals surface area contributed by atoms with Crippen LogP contribution in [0.2, 0.25) is 0 Å². The van der Waals surface area contributed by atoms with E-state index >= 15 is 0 Å². The number of hydrogen-bond donors (Lipinski definition) is 2. The van der Waals surface area contributed by atoms with Crippen molar-refractivity contribution in [3.63, 3.8) is 0 Å². The number of ether oxygens (including phenoxy) is 1. The van der Waals surface area contributed by atoms with Crippen molar-refractivity contribution in [2.24, 2.45) is 5.92 Å². The van der Waals surface area contributed by atoms with Gasteiger partial charge in [-0.2, -0.15) is 4.98 Å². The number of amides is 1. The third-order valence-electron chi connectivity index (χ3n) is 5.67. The van der Waals surface area contributed by atoms with Crippen LogP contribution in [0.4, 0.5) is 21.1 Å². The molecule has 0 spiro atoms. The largest absolute Gasteiger partial charge is 0.447 e. The zero-order valence-electron chi connectivity index (χ0n) is 18.8. The smallest absolute Gasteiger partial charge is 0.417 e. The Labute approximate surface area is 190 Å². The van der Waals surface area contributed by atoms with Gasteiger partial charge in [0.25, 0.3) is 5.56 Å². The Morgan fingerprint density at radius 1 is 1.18 bits per heavy atom. The number of pyridine rings is 1. The lowest BCUT2D eigenvalue weighted by Gasteiger charge is -2.22. The van der Waals surface area contributed by atoms with E-state index < -0.39 is 12.1 Å². The third-order valence-corrected chi connectivity index (χ3v) is 5.67. The molecule has 4 rings (SSSR count). The van der Waals surface area contributed by atoms with E-state index in [9.17, 15) is 14.0 Å². The van der Waals surface area contributed by atoms with Gasteiger partial charge in [-0.1, -0.05) is 13.8 Å². The molecule has 1 aliphatic heterocycles. The average molecular weight is 452 g/mol. The molecule has 1 saturated heterocycles. The molecule has 2 N–H and O–H groups in total. The third kappa shape index (κ3) is 4.55. The van der Waals surface area contributed by atoms with E-state index in [1.807, 2.05) is 13.8 Å². The molecule has 1 amide bonds. The van der Waals surface area contributed by atoms with Gasteiger partial charge in [0.2, 0.25) is 11.9 Å². The minimum atomic E-state index is -0.498. The number of halogens is 1. The summed E-state index contributed by atoms with van der Waals surface area (Å²) in [6.45, 7) is 7.73. The number of carbonyl (C=O) groups excluding carboxylic acids is 1. The van der Waals surface area contributed by atoms with Gasteiger partial charge in [-0.25, -0.2) is 24.1 Å². The topological polar surface area (TPSA) is 113 Å².